The number of halogens is 1. The van der Waals surface area contributed by atoms with Crippen LogP contribution in [0.2, 0.25) is 0 Å². The SMILES string of the molecule is CCc1ccc(-n2nc3ccc(NC(=O)c4ccc(OC)c(Br)c4)cc3n2)cc1. The van der Waals surface area contributed by atoms with Gasteiger partial charge in [-0.25, -0.2) is 0 Å². The van der Waals surface area contributed by atoms with Gasteiger partial charge in [0.25, 0.3) is 5.91 Å². The molecule has 0 radical (unpaired) electrons. The Morgan fingerprint density at radius 3 is 2.48 bits per heavy atom. The molecule has 146 valence electrons. The molecule has 4 aromatic rings. The molecule has 0 aliphatic rings. The maximum atomic E-state index is 12.6. The highest BCUT2D eigenvalue weighted by molar-refractivity contribution is 9.10. The van der Waals surface area contributed by atoms with E-state index in [9.17, 15) is 4.79 Å². The summed E-state index contributed by atoms with van der Waals surface area (Å²) in [6, 6.07) is 18.8. The molecule has 4 rings (SSSR count). The van der Waals surface area contributed by atoms with Gasteiger partial charge >= 0.3 is 0 Å². The van der Waals surface area contributed by atoms with E-state index in [1.54, 1.807) is 30.1 Å². The highest BCUT2D eigenvalue weighted by atomic mass is 79.9. The fraction of sp³-hybridized carbons (Fsp3) is 0.136. The Bertz CT molecular complexity index is 1190. The number of aromatic nitrogens is 3. The van der Waals surface area contributed by atoms with Crippen LogP contribution in [0.25, 0.3) is 16.7 Å². The maximum Gasteiger partial charge on any atom is 0.255 e. The molecule has 7 heteroatoms. The zero-order chi connectivity index (χ0) is 20.4. The first-order valence-electron chi connectivity index (χ1n) is 9.18. The van der Waals surface area contributed by atoms with Crippen molar-refractivity contribution in [3.63, 3.8) is 0 Å². The van der Waals surface area contributed by atoms with Crippen molar-refractivity contribution in [1.82, 2.24) is 15.0 Å². The van der Waals surface area contributed by atoms with Crippen LogP contribution in [-0.2, 0) is 6.42 Å². The largest absolute Gasteiger partial charge is 0.496 e. The molecule has 0 saturated heterocycles. The van der Waals surface area contributed by atoms with Crippen molar-refractivity contribution in [3.05, 3.63) is 76.3 Å². The molecule has 0 bridgehead atoms. The summed E-state index contributed by atoms with van der Waals surface area (Å²) in [7, 11) is 1.58. The molecule has 0 saturated carbocycles. The van der Waals surface area contributed by atoms with Gasteiger partial charge in [0.15, 0.2) is 0 Å². The van der Waals surface area contributed by atoms with Crippen molar-refractivity contribution in [2.45, 2.75) is 13.3 Å². The van der Waals surface area contributed by atoms with Crippen molar-refractivity contribution in [2.24, 2.45) is 0 Å². The quantitative estimate of drug-likeness (QED) is 0.464. The Labute approximate surface area is 176 Å². The van der Waals surface area contributed by atoms with E-state index in [-0.39, 0.29) is 5.91 Å². The summed E-state index contributed by atoms with van der Waals surface area (Å²) in [6.07, 6.45) is 0.989. The van der Waals surface area contributed by atoms with Crippen LogP contribution in [-0.4, -0.2) is 28.0 Å². The summed E-state index contributed by atoms with van der Waals surface area (Å²) in [5.74, 6) is 0.460. The zero-order valence-electron chi connectivity index (χ0n) is 16.0. The summed E-state index contributed by atoms with van der Waals surface area (Å²) in [4.78, 5) is 14.2. The minimum Gasteiger partial charge on any atom is -0.496 e. The van der Waals surface area contributed by atoms with Gasteiger partial charge in [-0.15, -0.1) is 10.2 Å². The van der Waals surface area contributed by atoms with Gasteiger partial charge in [0, 0.05) is 11.3 Å². The fourth-order valence-electron chi connectivity index (χ4n) is 2.98. The lowest BCUT2D eigenvalue weighted by molar-refractivity contribution is 0.102. The molecule has 1 aromatic heterocycles. The average Bonchev–Trinajstić information content (AvgIpc) is 3.17. The fourth-order valence-corrected chi connectivity index (χ4v) is 3.52. The molecule has 0 fully saturated rings. The highest BCUT2D eigenvalue weighted by Crippen LogP contribution is 2.26. The summed E-state index contributed by atoms with van der Waals surface area (Å²) in [5.41, 5.74) is 4.81. The van der Waals surface area contributed by atoms with Gasteiger partial charge < -0.3 is 10.1 Å². The van der Waals surface area contributed by atoms with Crippen LogP contribution < -0.4 is 10.1 Å². The van der Waals surface area contributed by atoms with Gasteiger partial charge in [0.05, 0.1) is 17.3 Å². The van der Waals surface area contributed by atoms with Gasteiger partial charge in [-0.05, 0) is 76.4 Å². The lowest BCUT2D eigenvalue weighted by atomic mass is 10.2. The Morgan fingerprint density at radius 2 is 1.79 bits per heavy atom. The van der Waals surface area contributed by atoms with E-state index in [1.807, 2.05) is 30.3 Å². The molecule has 1 amide bonds. The van der Waals surface area contributed by atoms with Crippen LogP contribution in [0.4, 0.5) is 5.69 Å². The van der Waals surface area contributed by atoms with E-state index in [2.05, 4.69) is 50.5 Å². The number of fused-ring (bicyclic) bond motifs is 1. The Balaban J connectivity index is 1.57. The maximum absolute atomic E-state index is 12.6. The Hall–Kier alpha value is -3.19. The standard InChI is InChI=1S/C22H19BrN4O2/c1-3-14-4-8-17(9-5-14)27-25-19-10-7-16(13-20(19)26-27)24-22(28)15-6-11-21(29-2)18(23)12-15/h4-13H,3H2,1-2H3,(H,24,28). The van der Waals surface area contributed by atoms with Gasteiger partial charge in [-0.2, -0.15) is 4.80 Å². The number of aryl methyl sites for hydroxylation is 1. The number of rotatable bonds is 5. The molecule has 29 heavy (non-hydrogen) atoms. The first-order valence-corrected chi connectivity index (χ1v) is 9.98. The van der Waals surface area contributed by atoms with Crippen LogP contribution >= 0.6 is 15.9 Å². The van der Waals surface area contributed by atoms with E-state index in [0.717, 1.165) is 22.1 Å². The Morgan fingerprint density at radius 1 is 1.03 bits per heavy atom. The lowest BCUT2D eigenvalue weighted by Crippen LogP contribution is -2.11. The molecule has 0 aliphatic carbocycles. The minimum absolute atomic E-state index is 0.213. The summed E-state index contributed by atoms with van der Waals surface area (Å²) >= 11 is 3.40. The second kappa shape index (κ2) is 8.05. The van der Waals surface area contributed by atoms with Crippen LogP contribution in [0, 0.1) is 0 Å². The number of carbonyl (C=O) groups excluding carboxylic acids is 1. The smallest absolute Gasteiger partial charge is 0.255 e. The van der Waals surface area contributed by atoms with Gasteiger partial charge in [0.2, 0.25) is 0 Å². The van der Waals surface area contributed by atoms with Crippen LogP contribution in [0.1, 0.15) is 22.8 Å². The van der Waals surface area contributed by atoms with Crippen LogP contribution in [0.15, 0.2) is 65.1 Å². The van der Waals surface area contributed by atoms with Crippen molar-refractivity contribution in [2.75, 3.05) is 12.4 Å². The predicted molar refractivity (Wildman–Crippen MR) is 117 cm³/mol. The second-order valence-electron chi connectivity index (χ2n) is 6.52. The molecule has 0 aliphatic heterocycles. The van der Waals surface area contributed by atoms with Crippen molar-refractivity contribution in [1.29, 1.82) is 0 Å². The molecule has 3 aromatic carbocycles. The first kappa shape index (κ1) is 19.1. The van der Waals surface area contributed by atoms with Crippen LogP contribution in [0.3, 0.4) is 0 Å². The molecule has 1 N–H and O–H groups in total. The number of nitrogens with one attached hydrogen (secondary N) is 1. The van der Waals surface area contributed by atoms with E-state index < -0.39 is 0 Å². The number of ether oxygens (including phenoxy) is 1. The monoisotopic (exact) mass is 450 g/mol. The number of anilines is 1. The number of methoxy groups -OCH3 is 1. The number of nitrogens with zero attached hydrogens (tertiary/aromatic N) is 3. The molecule has 1 heterocycles. The normalized spacial score (nSPS) is 10.9. The van der Waals surface area contributed by atoms with Gasteiger partial charge in [0.1, 0.15) is 16.8 Å². The lowest BCUT2D eigenvalue weighted by Gasteiger charge is -2.07. The molecule has 0 spiro atoms. The second-order valence-corrected chi connectivity index (χ2v) is 7.37. The first-order chi connectivity index (χ1) is 14.1. The minimum atomic E-state index is -0.213. The molecular weight excluding hydrogens is 432 g/mol. The number of hydrogen-bond acceptors (Lipinski definition) is 4. The van der Waals surface area contributed by atoms with Gasteiger partial charge in [-0.1, -0.05) is 19.1 Å². The number of hydrogen-bond donors (Lipinski definition) is 1. The molecule has 0 atom stereocenters. The van der Waals surface area contributed by atoms with E-state index in [4.69, 9.17) is 4.74 Å². The number of benzene rings is 3. The topological polar surface area (TPSA) is 69.0 Å². The molecular formula is C22H19BrN4O2. The predicted octanol–water partition coefficient (Wildman–Crippen LogP) is 5.01. The highest BCUT2D eigenvalue weighted by Gasteiger charge is 2.11. The summed E-state index contributed by atoms with van der Waals surface area (Å²) < 4.78 is 5.92. The average molecular weight is 451 g/mol. The summed E-state index contributed by atoms with van der Waals surface area (Å²) in [6.45, 7) is 2.12. The third kappa shape index (κ3) is 4.00. The van der Waals surface area contributed by atoms with E-state index in [0.29, 0.717) is 22.5 Å². The summed E-state index contributed by atoms with van der Waals surface area (Å²) in [5, 5.41) is 12.0. The van der Waals surface area contributed by atoms with Crippen molar-refractivity contribution in [3.8, 4) is 11.4 Å². The number of carbonyl (C=O) groups is 1. The zero-order valence-corrected chi connectivity index (χ0v) is 17.6. The van der Waals surface area contributed by atoms with Crippen molar-refractivity contribution < 1.29 is 9.53 Å². The molecule has 0 unspecified atom stereocenters. The van der Waals surface area contributed by atoms with Gasteiger partial charge in [-0.3, -0.25) is 4.79 Å². The third-order valence-electron chi connectivity index (χ3n) is 4.63. The number of amides is 1. The van der Waals surface area contributed by atoms with E-state index >= 15 is 0 Å². The van der Waals surface area contributed by atoms with Crippen molar-refractivity contribution >= 4 is 38.6 Å². The van der Waals surface area contributed by atoms with Crippen LogP contribution in [0.5, 0.6) is 5.75 Å². The third-order valence-corrected chi connectivity index (χ3v) is 5.25. The van der Waals surface area contributed by atoms with E-state index in [1.165, 1.54) is 5.56 Å². The Kier molecular flexibility index (Phi) is 5.31. The molecule has 6 nitrogen and oxygen atoms in total.